The van der Waals surface area contributed by atoms with Crippen molar-refractivity contribution in [2.75, 3.05) is 13.2 Å². The van der Waals surface area contributed by atoms with Gasteiger partial charge in [-0.3, -0.25) is 4.79 Å². The normalized spacial score (nSPS) is 10.7. The number of carbonyl (C=O) groups is 1. The van der Waals surface area contributed by atoms with Crippen molar-refractivity contribution in [1.82, 2.24) is 5.32 Å². The molecule has 0 atom stereocenters. The van der Waals surface area contributed by atoms with Gasteiger partial charge in [0.05, 0.1) is 34.9 Å². The van der Waals surface area contributed by atoms with E-state index in [-0.39, 0.29) is 33.8 Å². The Morgan fingerprint density at radius 2 is 1.82 bits per heavy atom. The molecule has 0 aliphatic heterocycles. The molecule has 4 nitrogen and oxygen atoms in total. The number of aliphatic hydroxyl groups is 2. The van der Waals surface area contributed by atoms with Crippen molar-refractivity contribution in [2.24, 2.45) is 0 Å². The molecule has 0 saturated heterocycles. The van der Waals surface area contributed by atoms with Crippen LogP contribution in [0.15, 0.2) is 12.1 Å². The van der Waals surface area contributed by atoms with Crippen LogP contribution in [0.5, 0.6) is 0 Å². The van der Waals surface area contributed by atoms with Crippen LogP contribution in [0, 0.1) is 0 Å². The predicted molar refractivity (Wildman–Crippen MR) is 66.9 cm³/mol. The number of benzene rings is 1. The second-order valence-electron chi connectivity index (χ2n) is 3.28. The largest absolute Gasteiger partial charge is 0.394 e. The monoisotopic (exact) mass is 297 g/mol. The van der Waals surface area contributed by atoms with Gasteiger partial charge in [-0.25, -0.2) is 0 Å². The third kappa shape index (κ3) is 3.72. The van der Waals surface area contributed by atoms with E-state index in [0.29, 0.717) is 0 Å². The van der Waals surface area contributed by atoms with Gasteiger partial charge < -0.3 is 15.5 Å². The summed E-state index contributed by atoms with van der Waals surface area (Å²) in [6, 6.07) is 2.02. The van der Waals surface area contributed by atoms with E-state index >= 15 is 0 Å². The zero-order chi connectivity index (χ0) is 13.0. The molecule has 1 rings (SSSR count). The Morgan fingerprint density at radius 3 is 2.35 bits per heavy atom. The van der Waals surface area contributed by atoms with Crippen LogP contribution in [0.25, 0.3) is 0 Å². The van der Waals surface area contributed by atoms with Crippen LogP contribution in [-0.4, -0.2) is 35.4 Å². The van der Waals surface area contributed by atoms with Crippen molar-refractivity contribution in [2.45, 2.75) is 6.04 Å². The molecule has 0 aromatic heterocycles. The molecule has 0 heterocycles. The van der Waals surface area contributed by atoms with Crippen molar-refractivity contribution >= 4 is 40.7 Å². The number of hydrogen-bond acceptors (Lipinski definition) is 3. The highest BCUT2D eigenvalue weighted by Gasteiger charge is 2.17. The molecule has 1 aromatic carbocycles. The van der Waals surface area contributed by atoms with E-state index in [4.69, 9.17) is 45.0 Å². The quantitative estimate of drug-likeness (QED) is 0.742. The Kier molecular flexibility index (Phi) is 5.49. The van der Waals surface area contributed by atoms with Crippen LogP contribution in [0.1, 0.15) is 10.4 Å². The fraction of sp³-hybridized carbons (Fsp3) is 0.300. The lowest BCUT2D eigenvalue weighted by Gasteiger charge is -2.14. The van der Waals surface area contributed by atoms with Gasteiger partial charge in [-0.15, -0.1) is 0 Å². The van der Waals surface area contributed by atoms with E-state index in [0.717, 1.165) is 0 Å². The number of halogens is 3. The summed E-state index contributed by atoms with van der Waals surface area (Å²) in [4.78, 5) is 11.8. The number of carbonyl (C=O) groups excluding carboxylic acids is 1. The molecule has 0 unspecified atom stereocenters. The van der Waals surface area contributed by atoms with Gasteiger partial charge >= 0.3 is 0 Å². The summed E-state index contributed by atoms with van der Waals surface area (Å²) in [6.07, 6.45) is 0. The maximum atomic E-state index is 11.8. The summed E-state index contributed by atoms with van der Waals surface area (Å²) in [7, 11) is 0. The van der Waals surface area contributed by atoms with Crippen molar-refractivity contribution in [1.29, 1.82) is 0 Å². The van der Waals surface area contributed by atoms with Crippen LogP contribution >= 0.6 is 34.8 Å². The highest BCUT2D eigenvalue weighted by Crippen LogP contribution is 2.29. The SMILES string of the molecule is O=C(NC(CO)CO)c1cc(Cl)cc(Cl)c1Cl. The molecule has 1 aromatic rings. The lowest BCUT2D eigenvalue weighted by Crippen LogP contribution is -2.40. The van der Waals surface area contributed by atoms with Gasteiger partial charge in [0, 0.05) is 5.02 Å². The summed E-state index contributed by atoms with van der Waals surface area (Å²) < 4.78 is 0. The maximum Gasteiger partial charge on any atom is 0.253 e. The number of nitrogens with one attached hydrogen (secondary N) is 1. The van der Waals surface area contributed by atoms with Crippen LogP contribution in [-0.2, 0) is 0 Å². The smallest absolute Gasteiger partial charge is 0.253 e. The first-order valence-electron chi connectivity index (χ1n) is 4.66. The Labute approximate surface area is 113 Å². The summed E-state index contributed by atoms with van der Waals surface area (Å²) in [6.45, 7) is -0.762. The minimum absolute atomic E-state index is 0.0724. The van der Waals surface area contributed by atoms with E-state index < -0.39 is 11.9 Å². The van der Waals surface area contributed by atoms with Crippen LogP contribution in [0.4, 0.5) is 0 Å². The van der Waals surface area contributed by atoms with Crippen LogP contribution in [0.3, 0.4) is 0 Å². The highest BCUT2D eigenvalue weighted by molar-refractivity contribution is 6.45. The number of amides is 1. The molecule has 94 valence electrons. The first-order valence-corrected chi connectivity index (χ1v) is 5.80. The molecule has 0 fully saturated rings. The third-order valence-corrected chi connectivity index (χ3v) is 3.03. The van der Waals surface area contributed by atoms with Gasteiger partial charge in [-0.2, -0.15) is 0 Å². The van der Waals surface area contributed by atoms with E-state index in [2.05, 4.69) is 5.32 Å². The number of hydrogen-bond donors (Lipinski definition) is 3. The van der Waals surface area contributed by atoms with Crippen molar-refractivity contribution < 1.29 is 15.0 Å². The summed E-state index contributed by atoms with van der Waals surface area (Å²) in [5.41, 5.74) is 0.0936. The summed E-state index contributed by atoms with van der Waals surface area (Å²) >= 11 is 17.4. The van der Waals surface area contributed by atoms with E-state index in [1.54, 1.807) is 0 Å². The lowest BCUT2D eigenvalue weighted by molar-refractivity contribution is 0.0879. The molecule has 0 radical (unpaired) electrons. The molecular weight excluding hydrogens is 288 g/mol. The lowest BCUT2D eigenvalue weighted by atomic mass is 10.2. The van der Waals surface area contributed by atoms with E-state index in [1.165, 1.54) is 12.1 Å². The van der Waals surface area contributed by atoms with Crippen molar-refractivity contribution in [3.8, 4) is 0 Å². The molecule has 0 aliphatic carbocycles. The summed E-state index contributed by atoms with van der Waals surface area (Å²) in [5, 5.41) is 20.6. The van der Waals surface area contributed by atoms with Gasteiger partial charge in [0.2, 0.25) is 0 Å². The summed E-state index contributed by atoms with van der Waals surface area (Å²) in [5.74, 6) is -0.562. The Morgan fingerprint density at radius 1 is 1.24 bits per heavy atom. The number of aliphatic hydroxyl groups excluding tert-OH is 2. The minimum Gasteiger partial charge on any atom is -0.394 e. The Hall–Kier alpha value is -0.520. The van der Waals surface area contributed by atoms with Crippen LogP contribution < -0.4 is 5.32 Å². The molecule has 1 amide bonds. The highest BCUT2D eigenvalue weighted by atomic mass is 35.5. The molecule has 7 heteroatoms. The molecular formula is C10H10Cl3NO3. The van der Waals surface area contributed by atoms with Crippen molar-refractivity contribution in [3.63, 3.8) is 0 Å². The standard InChI is InChI=1S/C10H10Cl3NO3/c11-5-1-7(9(13)8(12)2-5)10(17)14-6(3-15)4-16/h1-2,6,15-16H,3-4H2,(H,14,17). The van der Waals surface area contributed by atoms with Gasteiger partial charge in [0.15, 0.2) is 0 Å². The molecule has 3 N–H and O–H groups in total. The zero-order valence-corrected chi connectivity index (χ0v) is 10.9. The first-order chi connectivity index (χ1) is 7.99. The average Bonchev–Trinajstić information content (AvgIpc) is 2.30. The van der Waals surface area contributed by atoms with E-state index in [9.17, 15) is 4.79 Å². The van der Waals surface area contributed by atoms with Gasteiger partial charge in [-0.1, -0.05) is 34.8 Å². The average molecular weight is 299 g/mol. The number of rotatable bonds is 4. The van der Waals surface area contributed by atoms with Crippen molar-refractivity contribution in [3.05, 3.63) is 32.8 Å². The topological polar surface area (TPSA) is 69.6 Å². The second-order valence-corrected chi connectivity index (χ2v) is 4.51. The first kappa shape index (κ1) is 14.5. The maximum absolute atomic E-state index is 11.8. The molecule has 0 saturated carbocycles. The second kappa shape index (κ2) is 6.42. The molecule has 17 heavy (non-hydrogen) atoms. The fourth-order valence-corrected chi connectivity index (χ4v) is 1.82. The minimum atomic E-state index is -0.753. The zero-order valence-electron chi connectivity index (χ0n) is 8.58. The molecule has 0 bridgehead atoms. The molecule has 0 aliphatic rings. The fourth-order valence-electron chi connectivity index (χ4n) is 1.13. The molecule has 0 spiro atoms. The van der Waals surface area contributed by atoms with Gasteiger partial charge in [0.25, 0.3) is 5.91 Å². The Balaban J connectivity index is 2.96. The van der Waals surface area contributed by atoms with Crippen LogP contribution in [0.2, 0.25) is 15.1 Å². The predicted octanol–water partition coefficient (Wildman–Crippen LogP) is 1.73. The van der Waals surface area contributed by atoms with Gasteiger partial charge in [0.1, 0.15) is 0 Å². The van der Waals surface area contributed by atoms with E-state index in [1.807, 2.05) is 0 Å². The Bertz CT molecular complexity index is 422. The van der Waals surface area contributed by atoms with Gasteiger partial charge in [-0.05, 0) is 12.1 Å². The third-order valence-electron chi connectivity index (χ3n) is 2.01.